The van der Waals surface area contributed by atoms with Crippen LogP contribution in [0.1, 0.15) is 24.1 Å². The summed E-state index contributed by atoms with van der Waals surface area (Å²) in [6.45, 7) is 1.18. The van der Waals surface area contributed by atoms with Crippen LogP contribution in [0.5, 0.6) is 5.88 Å². The number of hydrogen-bond acceptors (Lipinski definition) is 3. The first-order valence-corrected chi connectivity index (χ1v) is 8.36. The van der Waals surface area contributed by atoms with Crippen LogP contribution in [0.2, 0.25) is 0 Å². The van der Waals surface area contributed by atoms with E-state index in [0.717, 1.165) is 24.1 Å². The molecular formula is C19H23FN4O. The average molecular weight is 342 g/mol. The minimum absolute atomic E-state index is 0.128. The maximum absolute atomic E-state index is 14.1. The van der Waals surface area contributed by atoms with Gasteiger partial charge in [-0.1, -0.05) is 24.3 Å². The fourth-order valence-electron chi connectivity index (χ4n) is 2.90. The molecule has 2 N–H and O–H groups in total. The molecule has 6 heteroatoms. The first-order valence-electron chi connectivity index (χ1n) is 8.36. The molecule has 1 fully saturated rings. The fraction of sp³-hybridized carbons (Fsp3) is 0.368. The summed E-state index contributed by atoms with van der Waals surface area (Å²) in [5.74, 6) is 1.12. The lowest BCUT2D eigenvalue weighted by Crippen LogP contribution is -2.41. The lowest BCUT2D eigenvalue weighted by Gasteiger charge is -2.19. The zero-order chi connectivity index (χ0) is 17.7. The summed E-state index contributed by atoms with van der Waals surface area (Å²) in [7, 11) is 3.31. The predicted octanol–water partition coefficient (Wildman–Crippen LogP) is 2.63. The summed E-state index contributed by atoms with van der Waals surface area (Å²) in [6.07, 6.45) is 1.96. The van der Waals surface area contributed by atoms with Gasteiger partial charge in [0.25, 0.3) is 0 Å². The van der Waals surface area contributed by atoms with Gasteiger partial charge in [-0.25, -0.2) is 9.37 Å². The van der Waals surface area contributed by atoms with Crippen molar-refractivity contribution in [3.05, 3.63) is 59.5 Å². The number of aromatic nitrogens is 1. The molecule has 1 aromatic heterocycles. The molecule has 5 nitrogen and oxygen atoms in total. The summed E-state index contributed by atoms with van der Waals surface area (Å²) in [5.41, 5.74) is 1.52. The first kappa shape index (κ1) is 17.2. The van der Waals surface area contributed by atoms with E-state index in [4.69, 9.17) is 4.74 Å². The van der Waals surface area contributed by atoms with Gasteiger partial charge < -0.3 is 15.4 Å². The van der Waals surface area contributed by atoms with Gasteiger partial charge in [-0.2, -0.15) is 0 Å². The number of rotatable bonds is 6. The highest BCUT2D eigenvalue weighted by Crippen LogP contribution is 2.48. The Hall–Kier alpha value is -2.63. The van der Waals surface area contributed by atoms with Crippen LogP contribution in [0.15, 0.2) is 47.5 Å². The van der Waals surface area contributed by atoms with Gasteiger partial charge in [0.05, 0.1) is 19.3 Å². The Balaban J connectivity index is 1.57. The Morgan fingerprint density at radius 1 is 1.20 bits per heavy atom. The highest BCUT2D eigenvalue weighted by molar-refractivity contribution is 5.79. The van der Waals surface area contributed by atoms with Crippen molar-refractivity contribution in [2.75, 3.05) is 20.7 Å². The van der Waals surface area contributed by atoms with E-state index >= 15 is 0 Å². The topological polar surface area (TPSA) is 58.5 Å². The molecule has 1 saturated carbocycles. The van der Waals surface area contributed by atoms with Crippen molar-refractivity contribution in [2.45, 2.75) is 24.8 Å². The number of methoxy groups -OCH3 is 1. The molecule has 0 bridgehead atoms. The van der Waals surface area contributed by atoms with Gasteiger partial charge in [0.1, 0.15) is 5.82 Å². The van der Waals surface area contributed by atoms with Gasteiger partial charge in [0, 0.05) is 25.1 Å². The standard InChI is InChI=1S/C19H23FN4O/c1-21-18(22-12-14-6-5-9-17(24-14)25-2)23-13-19(10-11-19)15-7-3-4-8-16(15)20/h3-9H,10-13H2,1-2H3,(H2,21,22,23). The maximum Gasteiger partial charge on any atom is 0.213 e. The molecule has 132 valence electrons. The third-order valence-corrected chi connectivity index (χ3v) is 4.54. The number of aliphatic imine (C=N–C) groups is 1. The number of ether oxygens (including phenoxy) is 1. The molecule has 0 radical (unpaired) electrons. The van der Waals surface area contributed by atoms with Crippen LogP contribution in [0, 0.1) is 5.82 Å². The monoisotopic (exact) mass is 342 g/mol. The van der Waals surface area contributed by atoms with E-state index in [1.54, 1.807) is 20.2 Å². The average Bonchev–Trinajstić information content (AvgIpc) is 3.43. The SMILES string of the molecule is CN=C(NCc1cccc(OC)n1)NCC1(c2ccccc2F)CC1. The highest BCUT2D eigenvalue weighted by atomic mass is 19.1. The van der Waals surface area contributed by atoms with Gasteiger partial charge in [-0.05, 0) is 30.5 Å². The van der Waals surface area contributed by atoms with Crippen LogP contribution in [-0.2, 0) is 12.0 Å². The Bertz CT molecular complexity index is 759. The van der Waals surface area contributed by atoms with Gasteiger partial charge in [0.15, 0.2) is 5.96 Å². The second-order valence-electron chi connectivity index (χ2n) is 6.21. The van der Waals surface area contributed by atoms with Crippen molar-refractivity contribution in [1.82, 2.24) is 15.6 Å². The van der Waals surface area contributed by atoms with E-state index in [1.807, 2.05) is 30.3 Å². The lowest BCUT2D eigenvalue weighted by atomic mass is 9.95. The second kappa shape index (κ2) is 7.51. The third-order valence-electron chi connectivity index (χ3n) is 4.54. The number of nitrogens with one attached hydrogen (secondary N) is 2. The van der Waals surface area contributed by atoms with Gasteiger partial charge in [-0.15, -0.1) is 0 Å². The number of guanidine groups is 1. The Morgan fingerprint density at radius 3 is 2.68 bits per heavy atom. The molecule has 0 aliphatic heterocycles. The van der Waals surface area contributed by atoms with Gasteiger partial charge in [0.2, 0.25) is 5.88 Å². The number of benzene rings is 1. The van der Waals surface area contributed by atoms with Crippen molar-refractivity contribution in [2.24, 2.45) is 4.99 Å². The normalized spacial score (nSPS) is 15.6. The van der Waals surface area contributed by atoms with Crippen LogP contribution in [0.25, 0.3) is 0 Å². The van der Waals surface area contributed by atoms with Crippen LogP contribution in [-0.4, -0.2) is 31.6 Å². The summed E-state index contributed by atoms with van der Waals surface area (Å²) in [5, 5.41) is 6.54. The molecule has 0 spiro atoms. The summed E-state index contributed by atoms with van der Waals surface area (Å²) >= 11 is 0. The van der Waals surface area contributed by atoms with Crippen LogP contribution in [0.4, 0.5) is 4.39 Å². The number of halogens is 1. The zero-order valence-corrected chi connectivity index (χ0v) is 14.6. The van der Waals surface area contributed by atoms with Crippen molar-refractivity contribution in [3.8, 4) is 5.88 Å². The van der Waals surface area contributed by atoms with E-state index in [-0.39, 0.29) is 11.2 Å². The maximum atomic E-state index is 14.1. The molecular weight excluding hydrogens is 319 g/mol. The third kappa shape index (κ3) is 4.07. The van der Waals surface area contributed by atoms with Crippen molar-refractivity contribution < 1.29 is 9.13 Å². The summed E-state index contributed by atoms with van der Waals surface area (Å²) in [4.78, 5) is 8.60. The first-order chi connectivity index (χ1) is 12.2. The molecule has 1 aliphatic carbocycles. The number of pyridine rings is 1. The Labute approximate surface area is 147 Å². The summed E-state index contributed by atoms with van der Waals surface area (Å²) in [6, 6.07) is 12.6. The Kier molecular flexibility index (Phi) is 5.16. The molecule has 3 rings (SSSR count). The molecule has 1 heterocycles. The lowest BCUT2D eigenvalue weighted by molar-refractivity contribution is 0.396. The number of hydrogen-bond donors (Lipinski definition) is 2. The van der Waals surface area contributed by atoms with Crippen molar-refractivity contribution in [3.63, 3.8) is 0 Å². The largest absolute Gasteiger partial charge is 0.481 e. The van der Waals surface area contributed by atoms with Crippen LogP contribution < -0.4 is 15.4 Å². The molecule has 25 heavy (non-hydrogen) atoms. The highest BCUT2D eigenvalue weighted by Gasteiger charge is 2.45. The molecule has 2 aromatic rings. The molecule has 1 aliphatic rings. The van der Waals surface area contributed by atoms with Crippen molar-refractivity contribution >= 4 is 5.96 Å². The quantitative estimate of drug-likeness (QED) is 0.626. The van der Waals surface area contributed by atoms with E-state index in [2.05, 4.69) is 20.6 Å². The molecule has 1 aromatic carbocycles. The second-order valence-corrected chi connectivity index (χ2v) is 6.21. The van der Waals surface area contributed by atoms with Gasteiger partial charge >= 0.3 is 0 Å². The van der Waals surface area contributed by atoms with Crippen LogP contribution in [0.3, 0.4) is 0 Å². The molecule has 0 saturated heterocycles. The minimum Gasteiger partial charge on any atom is -0.481 e. The van der Waals surface area contributed by atoms with Gasteiger partial charge in [-0.3, -0.25) is 4.99 Å². The summed E-state index contributed by atoms with van der Waals surface area (Å²) < 4.78 is 19.2. The minimum atomic E-state index is -0.134. The van der Waals surface area contributed by atoms with Crippen molar-refractivity contribution in [1.29, 1.82) is 0 Å². The zero-order valence-electron chi connectivity index (χ0n) is 14.6. The molecule has 0 atom stereocenters. The smallest absolute Gasteiger partial charge is 0.213 e. The van der Waals surface area contributed by atoms with E-state index in [0.29, 0.717) is 24.9 Å². The fourth-order valence-corrected chi connectivity index (χ4v) is 2.90. The van der Waals surface area contributed by atoms with E-state index < -0.39 is 0 Å². The molecule has 0 amide bonds. The Morgan fingerprint density at radius 2 is 2.00 bits per heavy atom. The van der Waals surface area contributed by atoms with E-state index in [9.17, 15) is 4.39 Å². The molecule has 0 unspecified atom stereocenters. The van der Waals surface area contributed by atoms with Crippen LogP contribution >= 0.6 is 0 Å². The number of nitrogens with zero attached hydrogens (tertiary/aromatic N) is 2. The predicted molar refractivity (Wildman–Crippen MR) is 96.3 cm³/mol. The van der Waals surface area contributed by atoms with E-state index in [1.165, 1.54) is 6.07 Å².